The van der Waals surface area contributed by atoms with E-state index in [0.29, 0.717) is 33.2 Å². The van der Waals surface area contributed by atoms with Gasteiger partial charge in [-0.25, -0.2) is 13.8 Å². The van der Waals surface area contributed by atoms with E-state index in [1.807, 2.05) is 13.0 Å². The van der Waals surface area contributed by atoms with Crippen molar-refractivity contribution in [2.75, 3.05) is 11.1 Å². The van der Waals surface area contributed by atoms with Crippen molar-refractivity contribution in [1.29, 1.82) is 0 Å². The van der Waals surface area contributed by atoms with E-state index in [1.54, 1.807) is 36.4 Å². The monoisotopic (exact) mass is 482 g/mol. The minimum atomic E-state index is -0.383. The molecule has 0 atom stereocenters. The summed E-state index contributed by atoms with van der Waals surface area (Å²) < 4.78 is 26.8. The number of hydrogen-bond acceptors (Lipinski definition) is 5. The Bertz CT molecular complexity index is 1300. The molecule has 0 aliphatic carbocycles. The Balaban J connectivity index is 1.56. The van der Waals surface area contributed by atoms with E-state index in [4.69, 9.17) is 11.6 Å². The molecule has 0 fully saturated rings. The van der Waals surface area contributed by atoms with Gasteiger partial charge in [-0.2, -0.15) is 0 Å². The Morgan fingerprint density at radius 2 is 1.52 bits per heavy atom. The van der Waals surface area contributed by atoms with Crippen LogP contribution in [0.3, 0.4) is 0 Å². The van der Waals surface area contributed by atoms with Crippen LogP contribution in [0.4, 0.5) is 14.5 Å². The lowest BCUT2D eigenvalue weighted by Gasteiger charge is -2.10. The van der Waals surface area contributed by atoms with Crippen molar-refractivity contribution in [2.45, 2.75) is 12.1 Å². The zero-order chi connectivity index (χ0) is 23.4. The van der Waals surface area contributed by atoms with Gasteiger partial charge in [-0.3, -0.25) is 4.79 Å². The van der Waals surface area contributed by atoms with E-state index in [2.05, 4.69) is 20.5 Å². The van der Waals surface area contributed by atoms with Gasteiger partial charge in [0, 0.05) is 21.8 Å². The summed E-state index contributed by atoms with van der Waals surface area (Å²) in [7, 11) is 0. The summed E-state index contributed by atoms with van der Waals surface area (Å²) >= 11 is 7.21. The minimum absolute atomic E-state index is 0.0475. The molecule has 1 amide bonds. The van der Waals surface area contributed by atoms with Crippen LogP contribution in [0.1, 0.15) is 5.56 Å². The van der Waals surface area contributed by atoms with Gasteiger partial charge in [-0.05, 0) is 73.2 Å². The van der Waals surface area contributed by atoms with Crippen molar-refractivity contribution in [3.63, 3.8) is 0 Å². The standard InChI is InChI=1S/C24H17ClF2N4OS/c1-14-2-11-19(12-20(14)25)28-21(32)13-33-24-29-22(15-3-7-17(26)8-4-15)23(30-31-24)16-5-9-18(27)10-6-16/h2-12H,13H2,1H3,(H,28,32). The summed E-state index contributed by atoms with van der Waals surface area (Å²) in [6, 6.07) is 16.8. The molecule has 4 rings (SSSR count). The Labute approximate surface area is 198 Å². The van der Waals surface area contributed by atoms with Crippen LogP contribution in [-0.4, -0.2) is 26.8 Å². The van der Waals surface area contributed by atoms with Crippen molar-refractivity contribution in [3.05, 3.63) is 89.0 Å². The van der Waals surface area contributed by atoms with Gasteiger partial charge in [0.05, 0.1) is 5.75 Å². The number of nitrogens with zero attached hydrogens (tertiary/aromatic N) is 3. The number of aryl methyl sites for hydroxylation is 1. The maximum atomic E-state index is 13.4. The van der Waals surface area contributed by atoms with Crippen LogP contribution >= 0.6 is 23.4 Å². The maximum absolute atomic E-state index is 13.4. The highest BCUT2D eigenvalue weighted by Crippen LogP contribution is 2.30. The second-order valence-electron chi connectivity index (χ2n) is 7.11. The molecule has 1 N–H and O–H groups in total. The van der Waals surface area contributed by atoms with E-state index in [-0.39, 0.29) is 28.5 Å². The van der Waals surface area contributed by atoms with E-state index in [0.717, 1.165) is 17.3 Å². The Hall–Kier alpha value is -3.36. The van der Waals surface area contributed by atoms with Gasteiger partial charge in [0.1, 0.15) is 23.0 Å². The topological polar surface area (TPSA) is 67.8 Å². The van der Waals surface area contributed by atoms with Gasteiger partial charge in [-0.1, -0.05) is 29.4 Å². The molecule has 0 spiro atoms. The van der Waals surface area contributed by atoms with Crippen molar-refractivity contribution in [2.24, 2.45) is 0 Å². The lowest BCUT2D eigenvalue weighted by Crippen LogP contribution is -2.14. The molecule has 0 radical (unpaired) electrons. The molecular weight excluding hydrogens is 466 g/mol. The molecule has 1 aromatic heterocycles. The number of thioether (sulfide) groups is 1. The summed E-state index contributed by atoms with van der Waals surface area (Å²) in [5.41, 5.74) is 3.61. The van der Waals surface area contributed by atoms with Crippen LogP contribution in [0.5, 0.6) is 0 Å². The molecule has 0 saturated heterocycles. The number of anilines is 1. The third kappa shape index (κ3) is 5.71. The van der Waals surface area contributed by atoms with Gasteiger partial charge in [0.2, 0.25) is 11.1 Å². The smallest absolute Gasteiger partial charge is 0.234 e. The highest BCUT2D eigenvalue weighted by Gasteiger charge is 2.15. The fourth-order valence-corrected chi connectivity index (χ4v) is 3.75. The molecule has 0 saturated carbocycles. The van der Waals surface area contributed by atoms with Crippen molar-refractivity contribution < 1.29 is 13.6 Å². The third-order valence-corrected chi connectivity index (χ3v) is 5.94. The van der Waals surface area contributed by atoms with Crippen LogP contribution in [0, 0.1) is 18.6 Å². The molecule has 0 aliphatic rings. The first-order valence-electron chi connectivity index (χ1n) is 9.84. The number of rotatable bonds is 6. The second-order valence-corrected chi connectivity index (χ2v) is 8.46. The molecule has 3 aromatic carbocycles. The summed E-state index contributed by atoms with van der Waals surface area (Å²) in [6.45, 7) is 1.88. The number of nitrogens with one attached hydrogen (secondary N) is 1. The Kier molecular flexibility index (Phi) is 6.96. The van der Waals surface area contributed by atoms with Crippen LogP contribution < -0.4 is 5.32 Å². The average Bonchev–Trinajstić information content (AvgIpc) is 2.81. The SMILES string of the molecule is Cc1ccc(NC(=O)CSc2nnc(-c3ccc(F)cc3)c(-c3ccc(F)cc3)n2)cc1Cl. The molecule has 33 heavy (non-hydrogen) atoms. The molecule has 0 aliphatic heterocycles. The number of carbonyl (C=O) groups is 1. The third-order valence-electron chi connectivity index (χ3n) is 4.69. The molecule has 166 valence electrons. The summed E-state index contributed by atoms with van der Waals surface area (Å²) in [5.74, 6) is -0.969. The van der Waals surface area contributed by atoms with Gasteiger partial charge < -0.3 is 5.32 Å². The van der Waals surface area contributed by atoms with Gasteiger partial charge in [0.15, 0.2) is 0 Å². The Morgan fingerprint density at radius 3 is 2.12 bits per heavy atom. The molecular formula is C24H17ClF2N4OS. The first-order valence-corrected chi connectivity index (χ1v) is 11.2. The molecule has 4 aromatic rings. The minimum Gasteiger partial charge on any atom is -0.325 e. The predicted octanol–water partition coefficient (Wildman–Crippen LogP) is 6.18. The van der Waals surface area contributed by atoms with Gasteiger partial charge in [0.25, 0.3) is 0 Å². The van der Waals surface area contributed by atoms with Gasteiger partial charge >= 0.3 is 0 Å². The van der Waals surface area contributed by atoms with Crippen LogP contribution in [0.25, 0.3) is 22.5 Å². The molecule has 0 bridgehead atoms. The molecule has 9 heteroatoms. The zero-order valence-electron chi connectivity index (χ0n) is 17.3. The number of carbonyl (C=O) groups excluding carboxylic acids is 1. The number of benzene rings is 3. The number of halogens is 3. The quantitative estimate of drug-likeness (QED) is 0.332. The fourth-order valence-electron chi connectivity index (χ4n) is 2.98. The normalized spacial score (nSPS) is 10.8. The number of amides is 1. The molecule has 5 nitrogen and oxygen atoms in total. The first-order chi connectivity index (χ1) is 15.9. The van der Waals surface area contributed by atoms with Crippen molar-refractivity contribution in [3.8, 4) is 22.5 Å². The van der Waals surface area contributed by atoms with E-state index in [1.165, 1.54) is 24.3 Å². The number of hydrogen-bond donors (Lipinski definition) is 1. The predicted molar refractivity (Wildman–Crippen MR) is 126 cm³/mol. The van der Waals surface area contributed by atoms with Crippen LogP contribution in [0.15, 0.2) is 71.9 Å². The van der Waals surface area contributed by atoms with Crippen LogP contribution in [-0.2, 0) is 4.79 Å². The van der Waals surface area contributed by atoms with E-state index in [9.17, 15) is 13.6 Å². The summed E-state index contributed by atoms with van der Waals surface area (Å²) in [5, 5.41) is 12.0. The van der Waals surface area contributed by atoms with E-state index < -0.39 is 0 Å². The van der Waals surface area contributed by atoms with Gasteiger partial charge in [-0.15, -0.1) is 10.2 Å². The van der Waals surface area contributed by atoms with Crippen molar-refractivity contribution >= 4 is 35.0 Å². The van der Waals surface area contributed by atoms with E-state index >= 15 is 0 Å². The van der Waals surface area contributed by atoms with Crippen LogP contribution in [0.2, 0.25) is 5.02 Å². The lowest BCUT2D eigenvalue weighted by molar-refractivity contribution is -0.113. The Morgan fingerprint density at radius 1 is 0.909 bits per heavy atom. The molecule has 0 unspecified atom stereocenters. The summed E-state index contributed by atoms with van der Waals surface area (Å²) in [4.78, 5) is 16.9. The average molecular weight is 483 g/mol. The highest BCUT2D eigenvalue weighted by atomic mass is 35.5. The fraction of sp³-hybridized carbons (Fsp3) is 0.0833. The largest absolute Gasteiger partial charge is 0.325 e. The van der Waals surface area contributed by atoms with Crippen molar-refractivity contribution in [1.82, 2.24) is 15.2 Å². The molecule has 1 heterocycles. The second kappa shape index (κ2) is 10.1. The zero-order valence-corrected chi connectivity index (χ0v) is 18.9. The highest BCUT2D eigenvalue weighted by molar-refractivity contribution is 7.99. The summed E-state index contributed by atoms with van der Waals surface area (Å²) in [6.07, 6.45) is 0. The number of aromatic nitrogens is 3. The maximum Gasteiger partial charge on any atom is 0.234 e. The first kappa shape index (κ1) is 22.8. The lowest BCUT2D eigenvalue weighted by atomic mass is 10.0.